The van der Waals surface area contributed by atoms with E-state index in [9.17, 15) is 10.1 Å². The van der Waals surface area contributed by atoms with E-state index in [1.807, 2.05) is 36.4 Å². The number of methoxy groups -OCH3 is 1. The van der Waals surface area contributed by atoms with Crippen LogP contribution in [0, 0.1) is 10.1 Å². The molecular formula is C15H13NO3S. The van der Waals surface area contributed by atoms with Crippen LogP contribution in [-0.2, 0) is 4.74 Å². The van der Waals surface area contributed by atoms with Gasteiger partial charge in [0.1, 0.15) is 4.88 Å². The smallest absolute Gasteiger partial charge is 0.295 e. The molecule has 2 aromatic rings. The second-order valence-corrected chi connectivity index (χ2v) is 5.61. The Morgan fingerprint density at radius 3 is 2.70 bits per heavy atom. The molecule has 0 saturated heterocycles. The molecule has 0 unspecified atom stereocenters. The second-order valence-electron chi connectivity index (χ2n) is 4.56. The predicted octanol–water partition coefficient (Wildman–Crippen LogP) is 4.52. The van der Waals surface area contributed by atoms with Gasteiger partial charge in [-0.1, -0.05) is 18.2 Å². The van der Waals surface area contributed by atoms with Crippen LogP contribution < -0.4 is 0 Å². The first kappa shape index (κ1) is 12.9. The van der Waals surface area contributed by atoms with Crippen LogP contribution in [0.25, 0.3) is 15.7 Å². The molecule has 3 rings (SSSR count). The Morgan fingerprint density at radius 1 is 1.25 bits per heavy atom. The van der Waals surface area contributed by atoms with Gasteiger partial charge in [-0.15, -0.1) is 11.3 Å². The van der Waals surface area contributed by atoms with Crippen LogP contribution >= 0.6 is 11.3 Å². The van der Waals surface area contributed by atoms with Crippen molar-refractivity contribution in [1.82, 2.24) is 0 Å². The average molecular weight is 287 g/mol. The summed E-state index contributed by atoms with van der Waals surface area (Å²) in [6, 6.07) is 7.48. The summed E-state index contributed by atoms with van der Waals surface area (Å²) in [7, 11) is 1.65. The van der Waals surface area contributed by atoms with Gasteiger partial charge in [0.2, 0.25) is 0 Å². The van der Waals surface area contributed by atoms with E-state index < -0.39 is 0 Å². The van der Waals surface area contributed by atoms with E-state index >= 15 is 0 Å². The monoisotopic (exact) mass is 287 g/mol. The zero-order valence-corrected chi connectivity index (χ0v) is 11.8. The first-order chi connectivity index (χ1) is 9.70. The number of rotatable bonds is 3. The molecule has 0 bridgehead atoms. The summed E-state index contributed by atoms with van der Waals surface area (Å²) in [5.74, 6) is 0.914. The highest BCUT2D eigenvalue weighted by Gasteiger charge is 2.25. The Balaban J connectivity index is 2.17. The Hall–Kier alpha value is -2.14. The summed E-state index contributed by atoms with van der Waals surface area (Å²) in [5, 5.41) is 12.1. The molecule has 4 nitrogen and oxygen atoms in total. The first-order valence-corrected chi connectivity index (χ1v) is 7.12. The van der Waals surface area contributed by atoms with Crippen molar-refractivity contribution in [2.45, 2.75) is 12.8 Å². The summed E-state index contributed by atoms with van der Waals surface area (Å²) in [5.41, 5.74) is 1.24. The van der Waals surface area contributed by atoms with Crippen molar-refractivity contribution in [2.24, 2.45) is 0 Å². The van der Waals surface area contributed by atoms with E-state index in [1.54, 1.807) is 7.11 Å². The fourth-order valence-corrected chi connectivity index (χ4v) is 3.63. The van der Waals surface area contributed by atoms with Crippen LogP contribution in [0.5, 0.6) is 0 Å². The molecule has 102 valence electrons. The fourth-order valence-electron chi connectivity index (χ4n) is 2.41. The summed E-state index contributed by atoms with van der Waals surface area (Å²) in [6.07, 6.45) is 5.38. The van der Waals surface area contributed by atoms with E-state index in [1.165, 1.54) is 11.3 Å². The molecule has 1 aliphatic carbocycles. The average Bonchev–Trinajstić information content (AvgIpc) is 2.86. The van der Waals surface area contributed by atoms with Crippen LogP contribution in [0.3, 0.4) is 0 Å². The van der Waals surface area contributed by atoms with Gasteiger partial charge >= 0.3 is 0 Å². The summed E-state index contributed by atoms with van der Waals surface area (Å²) in [6.45, 7) is 0. The SMILES string of the molecule is COC1=CC=C(c2sc3ccccc3c2[N+](=O)[O-])CC1. The number of hydrogen-bond acceptors (Lipinski definition) is 4. The van der Waals surface area contributed by atoms with Gasteiger partial charge in [0.15, 0.2) is 0 Å². The predicted molar refractivity (Wildman–Crippen MR) is 80.8 cm³/mol. The Labute approximate surface area is 120 Å². The third kappa shape index (κ3) is 2.10. The maximum Gasteiger partial charge on any atom is 0.295 e. The van der Waals surface area contributed by atoms with Crippen molar-refractivity contribution in [2.75, 3.05) is 7.11 Å². The normalized spacial score (nSPS) is 14.8. The van der Waals surface area contributed by atoms with Crippen LogP contribution in [0.4, 0.5) is 5.69 Å². The zero-order chi connectivity index (χ0) is 14.1. The highest BCUT2D eigenvalue weighted by molar-refractivity contribution is 7.20. The molecule has 0 aliphatic heterocycles. The number of ether oxygens (including phenoxy) is 1. The van der Waals surface area contributed by atoms with Crippen molar-refractivity contribution in [3.63, 3.8) is 0 Å². The van der Waals surface area contributed by atoms with Gasteiger partial charge in [-0.25, -0.2) is 0 Å². The minimum atomic E-state index is -0.273. The maximum atomic E-state index is 11.4. The van der Waals surface area contributed by atoms with Crippen molar-refractivity contribution in [3.05, 3.63) is 57.2 Å². The van der Waals surface area contributed by atoms with E-state index in [4.69, 9.17) is 4.74 Å². The number of allylic oxidation sites excluding steroid dienone is 4. The van der Waals surface area contributed by atoms with Crippen molar-refractivity contribution in [1.29, 1.82) is 0 Å². The number of benzene rings is 1. The quantitative estimate of drug-likeness (QED) is 0.616. The molecule has 1 aliphatic rings. The second kappa shape index (κ2) is 5.09. The molecular weight excluding hydrogens is 274 g/mol. The molecule has 1 aromatic heterocycles. The number of hydrogen-bond donors (Lipinski definition) is 0. The molecule has 0 N–H and O–H groups in total. The molecule has 0 saturated carbocycles. The van der Waals surface area contributed by atoms with Gasteiger partial charge < -0.3 is 4.74 Å². The number of fused-ring (bicyclic) bond motifs is 1. The van der Waals surface area contributed by atoms with Crippen LogP contribution in [0.2, 0.25) is 0 Å². The van der Waals surface area contributed by atoms with Crippen LogP contribution in [0.1, 0.15) is 17.7 Å². The van der Waals surface area contributed by atoms with Gasteiger partial charge in [0.25, 0.3) is 5.69 Å². The lowest BCUT2D eigenvalue weighted by Crippen LogP contribution is -1.96. The van der Waals surface area contributed by atoms with Crippen molar-refractivity contribution < 1.29 is 9.66 Å². The van der Waals surface area contributed by atoms with Crippen molar-refractivity contribution >= 4 is 32.7 Å². The molecule has 0 spiro atoms. The lowest BCUT2D eigenvalue weighted by Gasteiger charge is -2.12. The first-order valence-electron chi connectivity index (χ1n) is 6.30. The van der Waals surface area contributed by atoms with Gasteiger partial charge in [0, 0.05) is 11.1 Å². The van der Waals surface area contributed by atoms with Crippen LogP contribution in [0.15, 0.2) is 42.2 Å². The highest BCUT2D eigenvalue weighted by atomic mass is 32.1. The molecule has 5 heteroatoms. The van der Waals surface area contributed by atoms with Crippen LogP contribution in [-0.4, -0.2) is 12.0 Å². The lowest BCUT2D eigenvalue weighted by atomic mass is 10.0. The molecule has 20 heavy (non-hydrogen) atoms. The molecule has 0 radical (unpaired) electrons. The third-order valence-electron chi connectivity index (χ3n) is 3.42. The Bertz CT molecular complexity index is 743. The minimum absolute atomic E-state index is 0.228. The molecule has 1 aromatic carbocycles. The standard InChI is InChI=1S/C15H13NO3S/c1-19-11-8-6-10(7-9-11)15-14(16(17)18)12-4-2-3-5-13(12)20-15/h2-6,8H,7,9H2,1H3. The van der Waals surface area contributed by atoms with E-state index in [0.717, 1.165) is 39.1 Å². The maximum absolute atomic E-state index is 11.4. The number of nitrogens with zero attached hydrogens (tertiary/aromatic N) is 1. The molecule has 0 fully saturated rings. The number of thiophene rings is 1. The lowest BCUT2D eigenvalue weighted by molar-refractivity contribution is -0.382. The summed E-state index contributed by atoms with van der Waals surface area (Å²) < 4.78 is 6.15. The number of nitro groups is 1. The Kier molecular flexibility index (Phi) is 3.28. The minimum Gasteiger partial charge on any atom is -0.501 e. The molecule has 1 heterocycles. The van der Waals surface area contributed by atoms with Crippen molar-refractivity contribution in [3.8, 4) is 0 Å². The van der Waals surface area contributed by atoms with Gasteiger partial charge in [0.05, 0.1) is 23.2 Å². The van der Waals surface area contributed by atoms with Gasteiger partial charge in [-0.05, 0) is 30.2 Å². The molecule has 0 atom stereocenters. The molecule has 0 amide bonds. The highest BCUT2D eigenvalue weighted by Crippen LogP contribution is 2.43. The zero-order valence-electron chi connectivity index (χ0n) is 11.0. The third-order valence-corrected chi connectivity index (χ3v) is 4.65. The van der Waals surface area contributed by atoms with E-state index in [2.05, 4.69) is 0 Å². The Morgan fingerprint density at radius 2 is 2.05 bits per heavy atom. The summed E-state index contributed by atoms with van der Waals surface area (Å²) >= 11 is 1.49. The van der Waals surface area contributed by atoms with Gasteiger partial charge in [-0.3, -0.25) is 10.1 Å². The van der Waals surface area contributed by atoms with E-state index in [0.29, 0.717) is 0 Å². The summed E-state index contributed by atoms with van der Waals surface area (Å²) in [4.78, 5) is 11.9. The fraction of sp³-hybridized carbons (Fsp3) is 0.200. The van der Waals surface area contributed by atoms with E-state index in [-0.39, 0.29) is 10.6 Å². The largest absolute Gasteiger partial charge is 0.501 e. The van der Waals surface area contributed by atoms with Gasteiger partial charge in [-0.2, -0.15) is 0 Å². The topological polar surface area (TPSA) is 52.4 Å².